The molecule has 4 N–H and O–H groups in total. The molecule has 5 heterocycles. The number of fused-ring (bicyclic) bond motifs is 2. The highest BCUT2D eigenvalue weighted by Crippen LogP contribution is 2.53. The van der Waals surface area contributed by atoms with Gasteiger partial charge in [-0.3, -0.25) is 34.4 Å². The molecule has 4 fully saturated rings. The lowest BCUT2D eigenvalue weighted by molar-refractivity contribution is -0.136. The number of piperidine rings is 1. The first-order chi connectivity index (χ1) is 27.8. The van der Waals surface area contributed by atoms with Crippen molar-refractivity contribution in [2.75, 3.05) is 36.8 Å². The quantitative estimate of drug-likeness (QED) is 0.127. The number of hydrogen-bond donors (Lipinski definition) is 4. The third-order valence-corrected chi connectivity index (χ3v) is 14.2. The van der Waals surface area contributed by atoms with E-state index in [2.05, 4.69) is 37.4 Å². The zero-order valence-corrected chi connectivity index (χ0v) is 33.9. The van der Waals surface area contributed by atoms with Crippen molar-refractivity contribution >= 4 is 62.3 Å². The van der Waals surface area contributed by atoms with E-state index in [9.17, 15) is 24.3 Å². The molecule has 0 bridgehead atoms. The SMILES string of the molecule is C=C1c2cccc(NCCC3CC4(C3)CN(C[C@H]3CC[C@H](c5nc6cc(C(C)(C)O)c(NC(=O)c7cnccn7)cc6s5)CC3)C4)c2C(=O)N1C1CCC(=O)NC1=O. The standard InChI is InChI=1S/C44H50N8O5S/c1-25-29-5-4-6-31(38(29)42(56)52(25)35-11-12-37(53)50-40(35)55)46-14-13-27-19-44(20-27)23-51(24-44)22-26-7-9-28(10-8-26)41-49-33-17-30(43(2,3)57)32(18-36(33)58-41)48-39(54)34-21-45-15-16-47-34/h4-6,15-18,21,26-28,35,46,57H,1,7-14,19-20,22-24H2,2-3H3,(H,48,54)(H,50,53,55)/t26-,28-,35?. The van der Waals surface area contributed by atoms with Crippen LogP contribution in [0.3, 0.4) is 0 Å². The first-order valence-electron chi connectivity index (χ1n) is 20.5. The van der Waals surface area contributed by atoms with Gasteiger partial charge in [0.2, 0.25) is 11.8 Å². The lowest BCUT2D eigenvalue weighted by Crippen LogP contribution is -2.63. The number of likely N-dealkylation sites (tertiary alicyclic amines) is 1. The summed E-state index contributed by atoms with van der Waals surface area (Å²) in [4.78, 5) is 68.1. The first kappa shape index (κ1) is 38.5. The number of carbonyl (C=O) groups is 4. The zero-order valence-electron chi connectivity index (χ0n) is 33.1. The smallest absolute Gasteiger partial charge is 0.275 e. The maximum absolute atomic E-state index is 13.6. The second-order valence-electron chi connectivity index (χ2n) is 17.7. The Labute approximate surface area is 341 Å². The molecule has 1 unspecified atom stereocenters. The van der Waals surface area contributed by atoms with E-state index < -0.39 is 17.6 Å². The van der Waals surface area contributed by atoms with Crippen LogP contribution >= 0.6 is 11.3 Å². The summed E-state index contributed by atoms with van der Waals surface area (Å²) in [6.45, 7) is 11.9. The molecule has 5 aliphatic rings. The first-order valence-corrected chi connectivity index (χ1v) is 21.4. The maximum Gasteiger partial charge on any atom is 0.275 e. The van der Waals surface area contributed by atoms with Gasteiger partial charge in [-0.05, 0) is 101 Å². The molecule has 3 aliphatic heterocycles. The lowest BCUT2D eigenvalue weighted by atomic mass is 9.57. The number of amides is 4. The van der Waals surface area contributed by atoms with Crippen LogP contribution < -0.4 is 16.0 Å². The van der Waals surface area contributed by atoms with Crippen LogP contribution in [0.1, 0.15) is 115 Å². The maximum atomic E-state index is 13.6. The van der Waals surface area contributed by atoms with Crippen molar-refractivity contribution in [1.82, 2.24) is 30.1 Å². The Balaban J connectivity index is 0.728. The molecule has 9 rings (SSSR count). The van der Waals surface area contributed by atoms with E-state index in [0.717, 1.165) is 52.3 Å². The molecule has 14 heteroatoms. The second-order valence-corrected chi connectivity index (χ2v) is 18.8. The minimum absolute atomic E-state index is 0.204. The largest absolute Gasteiger partial charge is 0.386 e. The summed E-state index contributed by atoms with van der Waals surface area (Å²) in [5.74, 6) is 0.424. The van der Waals surface area contributed by atoms with Gasteiger partial charge in [-0.2, -0.15) is 0 Å². The number of aromatic nitrogens is 3. The highest BCUT2D eigenvalue weighted by Gasteiger charge is 2.52. The number of thiazole rings is 1. The van der Waals surface area contributed by atoms with Gasteiger partial charge in [0.15, 0.2) is 0 Å². The third kappa shape index (κ3) is 7.30. The van der Waals surface area contributed by atoms with Crippen LogP contribution in [0.4, 0.5) is 11.4 Å². The molecule has 58 heavy (non-hydrogen) atoms. The number of hydrogen-bond acceptors (Lipinski definition) is 11. The van der Waals surface area contributed by atoms with Crippen LogP contribution in [-0.4, -0.2) is 85.7 Å². The van der Waals surface area contributed by atoms with Crippen LogP contribution in [-0.2, 0) is 15.2 Å². The molecule has 2 aromatic heterocycles. The number of rotatable bonds is 11. The summed E-state index contributed by atoms with van der Waals surface area (Å²) in [5, 5.41) is 20.9. The van der Waals surface area contributed by atoms with Crippen LogP contribution in [0.2, 0.25) is 0 Å². The fourth-order valence-electron chi connectivity index (χ4n) is 10.2. The molecule has 1 atom stereocenters. The van der Waals surface area contributed by atoms with Crippen LogP contribution in [0.25, 0.3) is 15.9 Å². The van der Waals surface area contributed by atoms with E-state index in [1.165, 1.54) is 68.8 Å². The summed E-state index contributed by atoms with van der Waals surface area (Å²) in [7, 11) is 0. The molecule has 0 radical (unpaired) electrons. The van der Waals surface area contributed by atoms with E-state index in [-0.39, 0.29) is 29.8 Å². The van der Waals surface area contributed by atoms with Gasteiger partial charge >= 0.3 is 0 Å². The molecule has 13 nitrogen and oxygen atoms in total. The van der Waals surface area contributed by atoms with Crippen molar-refractivity contribution in [3.8, 4) is 0 Å². The van der Waals surface area contributed by atoms with Crippen molar-refractivity contribution in [2.24, 2.45) is 17.3 Å². The average molecular weight is 803 g/mol. The fraction of sp³-hybridized carbons (Fsp3) is 0.477. The predicted octanol–water partition coefficient (Wildman–Crippen LogP) is 6.29. The van der Waals surface area contributed by atoms with Crippen LogP contribution in [0.5, 0.6) is 0 Å². The van der Waals surface area contributed by atoms with Gasteiger partial charge in [0.05, 0.1) is 32.6 Å². The number of carbonyl (C=O) groups excluding carboxylic acids is 4. The molecule has 2 saturated carbocycles. The molecule has 2 aliphatic carbocycles. The summed E-state index contributed by atoms with van der Waals surface area (Å²) < 4.78 is 0.989. The minimum Gasteiger partial charge on any atom is -0.386 e. The molecule has 4 amide bonds. The Morgan fingerprint density at radius 2 is 1.84 bits per heavy atom. The van der Waals surface area contributed by atoms with Crippen molar-refractivity contribution in [3.63, 3.8) is 0 Å². The monoisotopic (exact) mass is 802 g/mol. The van der Waals surface area contributed by atoms with Crippen molar-refractivity contribution in [2.45, 2.75) is 89.2 Å². The van der Waals surface area contributed by atoms with Crippen LogP contribution in [0, 0.1) is 17.3 Å². The normalized spacial score (nSPS) is 23.4. The number of benzene rings is 2. The summed E-state index contributed by atoms with van der Waals surface area (Å²) in [6.07, 6.45) is 13.1. The number of imide groups is 1. The Hall–Kier alpha value is -5.05. The topological polar surface area (TPSA) is 170 Å². The number of nitrogens with zero attached hydrogens (tertiary/aromatic N) is 5. The van der Waals surface area contributed by atoms with E-state index >= 15 is 0 Å². The summed E-state index contributed by atoms with van der Waals surface area (Å²) in [5.41, 5.74) is 4.09. The van der Waals surface area contributed by atoms with E-state index in [1.54, 1.807) is 25.2 Å². The highest BCUT2D eigenvalue weighted by atomic mass is 32.1. The Bertz CT molecular complexity index is 2300. The fourth-order valence-corrected chi connectivity index (χ4v) is 11.4. The number of nitrogens with one attached hydrogen (secondary N) is 3. The van der Waals surface area contributed by atoms with Crippen molar-refractivity contribution in [1.29, 1.82) is 0 Å². The van der Waals surface area contributed by atoms with Crippen molar-refractivity contribution in [3.05, 3.63) is 82.9 Å². The van der Waals surface area contributed by atoms with Gasteiger partial charge in [-0.1, -0.05) is 18.7 Å². The summed E-state index contributed by atoms with van der Waals surface area (Å²) >= 11 is 1.69. The Morgan fingerprint density at radius 1 is 1.05 bits per heavy atom. The van der Waals surface area contributed by atoms with Gasteiger partial charge in [0.25, 0.3) is 11.8 Å². The third-order valence-electron chi connectivity index (χ3n) is 13.0. The minimum atomic E-state index is -1.18. The van der Waals surface area contributed by atoms with Gasteiger partial charge in [0.1, 0.15) is 11.7 Å². The lowest BCUT2D eigenvalue weighted by Gasteiger charge is -2.60. The molecule has 1 spiro atoms. The molecular weight excluding hydrogens is 753 g/mol. The van der Waals surface area contributed by atoms with Gasteiger partial charge in [-0.15, -0.1) is 11.3 Å². The summed E-state index contributed by atoms with van der Waals surface area (Å²) in [6, 6.07) is 8.82. The molecule has 2 saturated heterocycles. The van der Waals surface area contributed by atoms with E-state index in [4.69, 9.17) is 4.98 Å². The second kappa shape index (κ2) is 15.0. The molecule has 2 aromatic carbocycles. The van der Waals surface area contributed by atoms with E-state index in [1.807, 2.05) is 30.3 Å². The molecule has 4 aromatic rings. The van der Waals surface area contributed by atoms with Gasteiger partial charge < -0.3 is 20.6 Å². The number of aliphatic hydroxyl groups is 1. The highest BCUT2D eigenvalue weighted by molar-refractivity contribution is 7.18. The Morgan fingerprint density at radius 3 is 2.57 bits per heavy atom. The predicted molar refractivity (Wildman–Crippen MR) is 222 cm³/mol. The number of anilines is 2. The average Bonchev–Trinajstić information content (AvgIpc) is 3.70. The van der Waals surface area contributed by atoms with Gasteiger partial charge in [-0.25, -0.2) is 9.97 Å². The molecular formula is C44H50N8O5S. The van der Waals surface area contributed by atoms with Crippen molar-refractivity contribution < 1.29 is 24.3 Å². The van der Waals surface area contributed by atoms with Crippen LogP contribution in [0.15, 0.2) is 55.5 Å². The zero-order chi connectivity index (χ0) is 40.3. The molecule has 302 valence electrons. The van der Waals surface area contributed by atoms with E-state index in [0.29, 0.717) is 52.1 Å². The van der Waals surface area contributed by atoms with Gasteiger partial charge in [0, 0.05) is 79.1 Å². The Kier molecular flexibility index (Phi) is 9.92.